The van der Waals surface area contributed by atoms with Gasteiger partial charge in [0.05, 0.1) is 24.3 Å². The first-order valence-corrected chi connectivity index (χ1v) is 5.51. The van der Waals surface area contributed by atoms with Crippen molar-refractivity contribution >= 4 is 11.6 Å². The van der Waals surface area contributed by atoms with E-state index in [1.165, 1.54) is 7.11 Å². The van der Waals surface area contributed by atoms with Gasteiger partial charge in [0.25, 0.3) is 0 Å². The van der Waals surface area contributed by atoms with Crippen LogP contribution in [0.5, 0.6) is 11.5 Å². The van der Waals surface area contributed by atoms with Gasteiger partial charge in [0, 0.05) is 12.1 Å². The molecule has 4 heteroatoms. The standard InChI is InChI=1S/C12H14ClNO2/c1-3-4-5-16-12-9(8-14)6-10(15-2)7-11(12)13/h6-7H,3-5H2,1-2H3. The van der Waals surface area contributed by atoms with Crippen molar-refractivity contribution in [3.05, 3.63) is 22.7 Å². The first kappa shape index (κ1) is 12.7. The van der Waals surface area contributed by atoms with E-state index < -0.39 is 0 Å². The minimum atomic E-state index is 0.403. The van der Waals surface area contributed by atoms with Crippen LogP contribution >= 0.6 is 11.6 Å². The van der Waals surface area contributed by atoms with Crippen molar-refractivity contribution < 1.29 is 9.47 Å². The molecule has 0 spiro atoms. The Bertz CT molecular complexity index is 399. The van der Waals surface area contributed by atoms with E-state index in [1.54, 1.807) is 12.1 Å². The molecule has 0 unspecified atom stereocenters. The zero-order valence-corrected chi connectivity index (χ0v) is 10.2. The van der Waals surface area contributed by atoms with Crippen LogP contribution in [0.15, 0.2) is 12.1 Å². The average Bonchev–Trinajstić information content (AvgIpc) is 2.30. The number of nitrogens with zero attached hydrogens (tertiary/aromatic N) is 1. The number of benzene rings is 1. The van der Waals surface area contributed by atoms with Gasteiger partial charge in [-0.3, -0.25) is 0 Å². The highest BCUT2D eigenvalue weighted by Crippen LogP contribution is 2.33. The Hall–Kier alpha value is -1.40. The summed E-state index contributed by atoms with van der Waals surface area (Å²) in [6, 6.07) is 5.31. The topological polar surface area (TPSA) is 42.2 Å². The van der Waals surface area contributed by atoms with Crippen molar-refractivity contribution in [2.24, 2.45) is 0 Å². The summed E-state index contributed by atoms with van der Waals surface area (Å²) in [6.07, 6.45) is 1.98. The van der Waals surface area contributed by atoms with Crippen LogP contribution in [0.25, 0.3) is 0 Å². The van der Waals surface area contributed by atoms with E-state index in [0.717, 1.165) is 12.8 Å². The smallest absolute Gasteiger partial charge is 0.155 e. The normalized spacial score (nSPS) is 9.62. The van der Waals surface area contributed by atoms with Crippen LogP contribution in [0.1, 0.15) is 25.3 Å². The molecule has 0 aromatic heterocycles. The predicted molar refractivity (Wildman–Crippen MR) is 63.1 cm³/mol. The maximum atomic E-state index is 8.98. The van der Waals surface area contributed by atoms with Crippen molar-refractivity contribution in [2.75, 3.05) is 13.7 Å². The molecule has 0 fully saturated rings. The lowest BCUT2D eigenvalue weighted by atomic mass is 10.2. The van der Waals surface area contributed by atoms with Gasteiger partial charge in [-0.25, -0.2) is 0 Å². The van der Waals surface area contributed by atoms with Gasteiger partial charge >= 0.3 is 0 Å². The van der Waals surface area contributed by atoms with Crippen LogP contribution in [0.3, 0.4) is 0 Å². The monoisotopic (exact) mass is 239 g/mol. The van der Waals surface area contributed by atoms with E-state index >= 15 is 0 Å². The maximum absolute atomic E-state index is 8.98. The minimum Gasteiger partial charge on any atom is -0.497 e. The van der Waals surface area contributed by atoms with Crippen molar-refractivity contribution in [3.63, 3.8) is 0 Å². The zero-order valence-electron chi connectivity index (χ0n) is 9.42. The van der Waals surface area contributed by atoms with E-state index in [9.17, 15) is 0 Å². The molecule has 0 aliphatic carbocycles. The quantitative estimate of drug-likeness (QED) is 0.740. The number of hydrogen-bond acceptors (Lipinski definition) is 3. The van der Waals surface area contributed by atoms with Gasteiger partial charge in [0.1, 0.15) is 11.8 Å². The fourth-order valence-electron chi connectivity index (χ4n) is 1.23. The molecule has 1 aromatic rings. The molecule has 0 heterocycles. The summed E-state index contributed by atoms with van der Waals surface area (Å²) in [5.74, 6) is 1.00. The number of halogens is 1. The summed E-state index contributed by atoms with van der Waals surface area (Å²) in [4.78, 5) is 0. The Morgan fingerprint density at radius 3 is 2.75 bits per heavy atom. The lowest BCUT2D eigenvalue weighted by Gasteiger charge is -2.10. The summed E-state index contributed by atoms with van der Waals surface area (Å²) in [5, 5.41) is 9.38. The Labute approximate surface area is 101 Å². The highest BCUT2D eigenvalue weighted by atomic mass is 35.5. The van der Waals surface area contributed by atoms with E-state index in [1.807, 2.05) is 6.07 Å². The molecule has 0 amide bonds. The number of methoxy groups -OCH3 is 1. The van der Waals surface area contributed by atoms with E-state index in [0.29, 0.717) is 28.7 Å². The van der Waals surface area contributed by atoms with Crippen LogP contribution in [0.2, 0.25) is 5.02 Å². The number of hydrogen-bond donors (Lipinski definition) is 0. The lowest BCUT2D eigenvalue weighted by molar-refractivity contribution is 0.308. The fourth-order valence-corrected chi connectivity index (χ4v) is 1.50. The highest BCUT2D eigenvalue weighted by molar-refractivity contribution is 6.32. The fraction of sp³-hybridized carbons (Fsp3) is 0.417. The van der Waals surface area contributed by atoms with E-state index in [-0.39, 0.29) is 0 Å². The van der Waals surface area contributed by atoms with Gasteiger partial charge in [-0.1, -0.05) is 24.9 Å². The minimum absolute atomic E-state index is 0.403. The summed E-state index contributed by atoms with van der Waals surface area (Å²) in [7, 11) is 1.53. The average molecular weight is 240 g/mol. The molecule has 16 heavy (non-hydrogen) atoms. The molecule has 1 rings (SSSR count). The maximum Gasteiger partial charge on any atom is 0.155 e. The number of ether oxygens (including phenoxy) is 2. The lowest BCUT2D eigenvalue weighted by Crippen LogP contribution is -1.99. The van der Waals surface area contributed by atoms with Gasteiger partial charge in [0.2, 0.25) is 0 Å². The van der Waals surface area contributed by atoms with Crippen LogP contribution in [0.4, 0.5) is 0 Å². The van der Waals surface area contributed by atoms with Crippen LogP contribution in [-0.2, 0) is 0 Å². The molecule has 0 atom stereocenters. The van der Waals surface area contributed by atoms with Gasteiger partial charge in [0.15, 0.2) is 5.75 Å². The van der Waals surface area contributed by atoms with Crippen molar-refractivity contribution in [1.82, 2.24) is 0 Å². The third-order valence-electron chi connectivity index (χ3n) is 2.12. The molecule has 3 nitrogen and oxygen atoms in total. The summed E-state index contributed by atoms with van der Waals surface area (Å²) in [6.45, 7) is 2.64. The molecule has 0 saturated heterocycles. The second-order valence-electron chi connectivity index (χ2n) is 3.30. The summed E-state index contributed by atoms with van der Waals surface area (Å²) in [5.41, 5.74) is 0.403. The summed E-state index contributed by atoms with van der Waals surface area (Å²) >= 11 is 6.01. The Balaban J connectivity index is 2.94. The molecule has 0 radical (unpaired) electrons. The van der Waals surface area contributed by atoms with Gasteiger partial charge < -0.3 is 9.47 Å². The van der Waals surface area contributed by atoms with Crippen LogP contribution < -0.4 is 9.47 Å². The molecular weight excluding hydrogens is 226 g/mol. The second-order valence-corrected chi connectivity index (χ2v) is 3.71. The molecule has 0 aliphatic rings. The largest absolute Gasteiger partial charge is 0.497 e. The predicted octanol–water partition coefficient (Wildman–Crippen LogP) is 3.40. The third-order valence-corrected chi connectivity index (χ3v) is 2.40. The SMILES string of the molecule is CCCCOc1c(Cl)cc(OC)cc1C#N. The highest BCUT2D eigenvalue weighted by Gasteiger charge is 2.11. The first-order chi connectivity index (χ1) is 7.72. The van der Waals surface area contributed by atoms with E-state index in [2.05, 4.69) is 6.92 Å². The Morgan fingerprint density at radius 2 is 2.19 bits per heavy atom. The molecule has 0 saturated carbocycles. The Kier molecular flexibility index (Phi) is 4.94. The molecule has 0 N–H and O–H groups in total. The molecule has 1 aromatic carbocycles. The van der Waals surface area contributed by atoms with E-state index in [4.69, 9.17) is 26.3 Å². The molecule has 0 bridgehead atoms. The van der Waals surface area contributed by atoms with Crippen molar-refractivity contribution in [3.8, 4) is 17.6 Å². The van der Waals surface area contributed by atoms with Gasteiger partial charge in [-0.15, -0.1) is 0 Å². The number of unbranched alkanes of at least 4 members (excludes halogenated alkanes) is 1. The van der Waals surface area contributed by atoms with Crippen LogP contribution in [0, 0.1) is 11.3 Å². The summed E-state index contributed by atoms with van der Waals surface area (Å²) < 4.78 is 10.5. The number of rotatable bonds is 5. The zero-order chi connectivity index (χ0) is 12.0. The van der Waals surface area contributed by atoms with Crippen molar-refractivity contribution in [1.29, 1.82) is 5.26 Å². The molecular formula is C12H14ClNO2. The van der Waals surface area contributed by atoms with Gasteiger partial charge in [-0.05, 0) is 6.42 Å². The van der Waals surface area contributed by atoms with Gasteiger partial charge in [-0.2, -0.15) is 5.26 Å². The first-order valence-electron chi connectivity index (χ1n) is 5.13. The second kappa shape index (κ2) is 6.24. The molecule has 0 aliphatic heterocycles. The molecule has 86 valence electrons. The third kappa shape index (κ3) is 3.04. The van der Waals surface area contributed by atoms with Crippen LogP contribution in [-0.4, -0.2) is 13.7 Å². The van der Waals surface area contributed by atoms with Crippen molar-refractivity contribution in [2.45, 2.75) is 19.8 Å². The number of nitriles is 1. The Morgan fingerprint density at radius 1 is 1.44 bits per heavy atom.